The number of benzene rings is 1. The molecule has 1 N–H and O–H groups in total. The van der Waals surface area contributed by atoms with Crippen molar-refractivity contribution in [3.05, 3.63) is 48.0 Å². The van der Waals surface area contributed by atoms with Crippen LogP contribution in [0.3, 0.4) is 0 Å². The molecule has 1 heterocycles. The van der Waals surface area contributed by atoms with Crippen molar-refractivity contribution in [2.45, 2.75) is 45.3 Å². The topological polar surface area (TPSA) is 33.1 Å². The second-order valence-corrected chi connectivity index (χ2v) is 6.34. The molecule has 1 aromatic carbocycles. The minimum Gasteiger partial charge on any atom is -0.310 e. The van der Waals surface area contributed by atoms with Crippen LogP contribution >= 0.6 is 0 Å². The molecule has 22 heavy (non-hydrogen) atoms. The van der Waals surface area contributed by atoms with E-state index in [0.717, 1.165) is 25.0 Å². The summed E-state index contributed by atoms with van der Waals surface area (Å²) in [6.45, 7) is 6.20. The van der Waals surface area contributed by atoms with Crippen LogP contribution in [0.15, 0.2) is 36.5 Å². The van der Waals surface area contributed by atoms with E-state index in [0.29, 0.717) is 6.04 Å². The molecule has 1 saturated carbocycles. The summed E-state index contributed by atoms with van der Waals surface area (Å²) in [5.74, 6) is 1.03. The van der Waals surface area contributed by atoms with Crippen LogP contribution in [-0.2, 0) is 6.54 Å². The molecule has 3 rings (SSSR count). The molecule has 1 aromatic heterocycles. The molecule has 0 amide bonds. The molecule has 0 spiro atoms. The van der Waals surface area contributed by atoms with Crippen LogP contribution in [0.5, 0.6) is 0 Å². The molecule has 4 nitrogen and oxygen atoms in total. The summed E-state index contributed by atoms with van der Waals surface area (Å²) in [7, 11) is 2.24. The molecular formula is C18H26N4. The van der Waals surface area contributed by atoms with Crippen molar-refractivity contribution in [1.82, 2.24) is 19.8 Å². The number of hydrogen-bond donors (Lipinski definition) is 1. The Hall–Kier alpha value is -1.65. The zero-order valence-electron chi connectivity index (χ0n) is 13.8. The first-order valence-electron chi connectivity index (χ1n) is 8.18. The molecule has 1 unspecified atom stereocenters. The van der Waals surface area contributed by atoms with Crippen molar-refractivity contribution in [3.63, 3.8) is 0 Å². The highest BCUT2D eigenvalue weighted by Gasteiger charge is 2.28. The number of aromatic nitrogens is 2. The van der Waals surface area contributed by atoms with Gasteiger partial charge in [0.2, 0.25) is 0 Å². The number of hydrogen-bond acceptors (Lipinski definition) is 3. The highest BCUT2D eigenvalue weighted by molar-refractivity contribution is 5.35. The third kappa shape index (κ3) is 3.39. The van der Waals surface area contributed by atoms with Gasteiger partial charge in [0.15, 0.2) is 0 Å². The quantitative estimate of drug-likeness (QED) is 0.853. The Morgan fingerprint density at radius 3 is 2.73 bits per heavy atom. The van der Waals surface area contributed by atoms with Gasteiger partial charge in [0.05, 0.1) is 11.9 Å². The lowest BCUT2D eigenvalue weighted by Gasteiger charge is -2.24. The molecule has 118 valence electrons. The van der Waals surface area contributed by atoms with E-state index in [9.17, 15) is 0 Å². The van der Waals surface area contributed by atoms with Gasteiger partial charge in [-0.2, -0.15) is 0 Å². The number of nitrogens with zero attached hydrogens (tertiary/aromatic N) is 3. The maximum absolute atomic E-state index is 4.48. The van der Waals surface area contributed by atoms with E-state index in [1.54, 1.807) is 0 Å². The zero-order valence-corrected chi connectivity index (χ0v) is 13.8. The maximum atomic E-state index is 4.48. The van der Waals surface area contributed by atoms with E-state index in [1.165, 1.54) is 24.2 Å². The van der Waals surface area contributed by atoms with Gasteiger partial charge in [-0.25, -0.2) is 4.98 Å². The Morgan fingerprint density at radius 1 is 1.32 bits per heavy atom. The summed E-state index contributed by atoms with van der Waals surface area (Å²) in [5.41, 5.74) is 2.39. The van der Waals surface area contributed by atoms with Crippen LogP contribution in [0, 0.1) is 6.92 Å². The standard InChI is InChI=1S/C18H26N4/c1-14(21(3)16-9-10-16)11-19-12-18-13-20-15(2)22(18)17-7-5-4-6-8-17/h4-8,13-14,16,19H,9-12H2,1-3H3. The van der Waals surface area contributed by atoms with E-state index in [-0.39, 0.29) is 0 Å². The van der Waals surface area contributed by atoms with Gasteiger partial charge in [-0.15, -0.1) is 0 Å². The minimum atomic E-state index is 0.571. The van der Waals surface area contributed by atoms with Gasteiger partial charge < -0.3 is 5.32 Å². The van der Waals surface area contributed by atoms with Crippen LogP contribution in [-0.4, -0.2) is 40.1 Å². The fraction of sp³-hybridized carbons (Fsp3) is 0.500. The normalized spacial score (nSPS) is 16.2. The fourth-order valence-corrected chi connectivity index (χ4v) is 2.94. The van der Waals surface area contributed by atoms with Crippen molar-refractivity contribution in [2.24, 2.45) is 0 Å². The summed E-state index contributed by atoms with van der Waals surface area (Å²) in [6.07, 6.45) is 4.70. The first-order chi connectivity index (χ1) is 10.7. The molecule has 4 heteroatoms. The van der Waals surface area contributed by atoms with Crippen LogP contribution in [0.1, 0.15) is 31.3 Å². The second-order valence-electron chi connectivity index (χ2n) is 6.34. The molecule has 0 saturated heterocycles. The second kappa shape index (κ2) is 6.63. The number of imidazole rings is 1. The molecule has 1 aliphatic rings. The molecule has 1 aliphatic carbocycles. The first-order valence-corrected chi connectivity index (χ1v) is 8.18. The number of aryl methyl sites for hydroxylation is 1. The van der Waals surface area contributed by atoms with Gasteiger partial charge in [0.25, 0.3) is 0 Å². The smallest absolute Gasteiger partial charge is 0.110 e. The highest BCUT2D eigenvalue weighted by Crippen LogP contribution is 2.26. The Bertz CT molecular complexity index is 601. The summed E-state index contributed by atoms with van der Waals surface area (Å²) in [5, 5.41) is 3.59. The third-order valence-electron chi connectivity index (χ3n) is 4.59. The summed E-state index contributed by atoms with van der Waals surface area (Å²) >= 11 is 0. The van der Waals surface area contributed by atoms with E-state index in [2.05, 4.69) is 64.9 Å². The molecule has 1 fully saturated rings. The molecule has 0 radical (unpaired) electrons. The Morgan fingerprint density at radius 2 is 2.05 bits per heavy atom. The molecule has 2 aromatic rings. The monoisotopic (exact) mass is 298 g/mol. The molecule has 0 bridgehead atoms. The van der Waals surface area contributed by atoms with E-state index in [4.69, 9.17) is 0 Å². The molecular weight excluding hydrogens is 272 g/mol. The minimum absolute atomic E-state index is 0.571. The number of rotatable bonds is 7. The van der Waals surface area contributed by atoms with Gasteiger partial charge in [-0.3, -0.25) is 9.47 Å². The fourth-order valence-electron chi connectivity index (χ4n) is 2.94. The average Bonchev–Trinajstić information content (AvgIpc) is 3.31. The van der Waals surface area contributed by atoms with E-state index < -0.39 is 0 Å². The van der Waals surface area contributed by atoms with Crippen molar-refractivity contribution >= 4 is 0 Å². The van der Waals surface area contributed by atoms with Crippen molar-refractivity contribution in [2.75, 3.05) is 13.6 Å². The van der Waals surface area contributed by atoms with Crippen LogP contribution < -0.4 is 5.32 Å². The lowest BCUT2D eigenvalue weighted by atomic mass is 10.2. The number of likely N-dealkylation sites (N-methyl/N-ethyl adjacent to an activating group) is 1. The van der Waals surface area contributed by atoms with E-state index >= 15 is 0 Å². The van der Waals surface area contributed by atoms with Crippen molar-refractivity contribution in [1.29, 1.82) is 0 Å². The SMILES string of the molecule is Cc1ncc(CNCC(C)N(C)C2CC2)n1-c1ccccc1. The predicted molar refractivity (Wildman–Crippen MR) is 90.3 cm³/mol. The summed E-state index contributed by atoms with van der Waals surface area (Å²) in [4.78, 5) is 6.97. The molecule has 0 aliphatic heterocycles. The van der Waals surface area contributed by atoms with Crippen molar-refractivity contribution in [3.8, 4) is 5.69 Å². The van der Waals surface area contributed by atoms with Gasteiger partial charge >= 0.3 is 0 Å². The van der Waals surface area contributed by atoms with E-state index in [1.807, 2.05) is 12.3 Å². The summed E-state index contributed by atoms with van der Waals surface area (Å²) < 4.78 is 2.22. The summed E-state index contributed by atoms with van der Waals surface area (Å²) in [6, 6.07) is 11.8. The predicted octanol–water partition coefficient (Wildman–Crippen LogP) is 2.75. The Balaban J connectivity index is 1.61. The maximum Gasteiger partial charge on any atom is 0.110 e. The van der Waals surface area contributed by atoms with Crippen LogP contribution in [0.25, 0.3) is 5.69 Å². The van der Waals surface area contributed by atoms with Crippen LogP contribution in [0.4, 0.5) is 0 Å². The zero-order chi connectivity index (χ0) is 15.5. The molecule has 1 atom stereocenters. The van der Waals surface area contributed by atoms with Crippen molar-refractivity contribution < 1.29 is 0 Å². The van der Waals surface area contributed by atoms with Gasteiger partial charge in [-0.05, 0) is 45.9 Å². The number of nitrogens with one attached hydrogen (secondary N) is 1. The largest absolute Gasteiger partial charge is 0.310 e. The average molecular weight is 298 g/mol. The third-order valence-corrected chi connectivity index (χ3v) is 4.59. The first kappa shape index (κ1) is 15.3. The Kier molecular flexibility index (Phi) is 4.60. The highest BCUT2D eigenvalue weighted by atomic mass is 15.2. The Labute approximate surface area is 133 Å². The van der Waals surface area contributed by atoms with Gasteiger partial charge in [0, 0.05) is 30.9 Å². The van der Waals surface area contributed by atoms with Gasteiger partial charge in [0.1, 0.15) is 5.82 Å². The lowest BCUT2D eigenvalue weighted by Crippen LogP contribution is -2.39. The number of para-hydroxylation sites is 1. The lowest BCUT2D eigenvalue weighted by molar-refractivity contribution is 0.240. The van der Waals surface area contributed by atoms with Crippen LogP contribution in [0.2, 0.25) is 0 Å². The van der Waals surface area contributed by atoms with Gasteiger partial charge in [-0.1, -0.05) is 18.2 Å².